The molecule has 2 aromatic rings. The maximum absolute atomic E-state index is 12.6. The van der Waals surface area contributed by atoms with E-state index >= 15 is 0 Å². The lowest BCUT2D eigenvalue weighted by molar-refractivity contribution is 0.0693. The Labute approximate surface area is 119 Å². The van der Waals surface area contributed by atoms with E-state index in [0.717, 1.165) is 10.8 Å². The quantitative estimate of drug-likeness (QED) is 0.908. The Balaban J connectivity index is 2.28. The van der Waals surface area contributed by atoms with Crippen LogP contribution in [0.1, 0.15) is 30.6 Å². The Kier molecular flexibility index (Phi) is 4.74. The molecule has 2 aromatic carbocycles. The number of hydrogen-bond acceptors (Lipinski definition) is 2. The number of hydrogen-bond donors (Lipinski definition) is 1. The molecule has 0 radical (unpaired) electrons. The van der Waals surface area contributed by atoms with Crippen LogP contribution in [0.2, 0.25) is 0 Å². The topological polar surface area (TPSA) is 40.5 Å². The van der Waals surface area contributed by atoms with Gasteiger partial charge in [-0.05, 0) is 43.2 Å². The van der Waals surface area contributed by atoms with Gasteiger partial charge in [-0.15, -0.1) is 0 Å². The second-order valence-electron chi connectivity index (χ2n) is 5.23. The molecule has 0 atom stereocenters. The molecular formula is C17H21NO2. The summed E-state index contributed by atoms with van der Waals surface area (Å²) < 4.78 is 0. The molecule has 0 aromatic heterocycles. The molecule has 1 N–H and O–H groups in total. The van der Waals surface area contributed by atoms with Crippen molar-refractivity contribution in [1.82, 2.24) is 4.90 Å². The van der Waals surface area contributed by atoms with E-state index in [1.807, 2.05) is 56.3 Å². The largest absolute Gasteiger partial charge is 0.396 e. The van der Waals surface area contributed by atoms with Crippen LogP contribution in [0, 0.1) is 0 Å². The van der Waals surface area contributed by atoms with Gasteiger partial charge in [-0.3, -0.25) is 4.79 Å². The van der Waals surface area contributed by atoms with E-state index in [0.29, 0.717) is 18.5 Å². The summed E-state index contributed by atoms with van der Waals surface area (Å²) in [5.41, 5.74) is 0.704. The highest BCUT2D eigenvalue weighted by Gasteiger charge is 2.18. The first-order valence-electron chi connectivity index (χ1n) is 7.04. The van der Waals surface area contributed by atoms with Gasteiger partial charge in [0.15, 0.2) is 0 Å². The van der Waals surface area contributed by atoms with Crippen molar-refractivity contribution in [3.63, 3.8) is 0 Å². The highest BCUT2D eigenvalue weighted by atomic mass is 16.3. The second kappa shape index (κ2) is 6.53. The fourth-order valence-corrected chi connectivity index (χ4v) is 2.32. The SMILES string of the molecule is CC(C)N(CCCO)C(=O)c1ccc2ccccc2c1. The monoisotopic (exact) mass is 271 g/mol. The number of benzene rings is 2. The van der Waals surface area contributed by atoms with Crippen molar-refractivity contribution in [2.24, 2.45) is 0 Å². The summed E-state index contributed by atoms with van der Waals surface area (Å²) in [6.45, 7) is 4.68. The Hall–Kier alpha value is -1.87. The zero-order valence-electron chi connectivity index (χ0n) is 12.0. The first-order chi connectivity index (χ1) is 9.63. The second-order valence-corrected chi connectivity index (χ2v) is 5.23. The van der Waals surface area contributed by atoms with E-state index in [4.69, 9.17) is 5.11 Å². The number of aliphatic hydroxyl groups is 1. The summed E-state index contributed by atoms with van der Waals surface area (Å²) in [6, 6.07) is 13.9. The van der Waals surface area contributed by atoms with Crippen molar-refractivity contribution in [2.75, 3.05) is 13.2 Å². The molecule has 0 fully saturated rings. The summed E-state index contributed by atoms with van der Waals surface area (Å²) in [4.78, 5) is 14.4. The van der Waals surface area contributed by atoms with Gasteiger partial charge in [0, 0.05) is 24.8 Å². The summed E-state index contributed by atoms with van der Waals surface area (Å²) in [7, 11) is 0. The summed E-state index contributed by atoms with van der Waals surface area (Å²) in [5, 5.41) is 11.2. The molecule has 3 nitrogen and oxygen atoms in total. The van der Waals surface area contributed by atoms with Crippen molar-refractivity contribution in [3.05, 3.63) is 48.0 Å². The zero-order valence-corrected chi connectivity index (χ0v) is 12.0. The number of carbonyl (C=O) groups is 1. The summed E-state index contributed by atoms with van der Waals surface area (Å²) in [5.74, 6) is 0.0270. The molecule has 2 rings (SSSR count). The van der Waals surface area contributed by atoms with Crippen molar-refractivity contribution in [1.29, 1.82) is 0 Å². The molecule has 0 aliphatic rings. The van der Waals surface area contributed by atoms with Crippen LogP contribution in [-0.4, -0.2) is 35.1 Å². The zero-order chi connectivity index (χ0) is 14.5. The Morgan fingerprint density at radius 3 is 2.50 bits per heavy atom. The minimum atomic E-state index is 0.0270. The maximum Gasteiger partial charge on any atom is 0.254 e. The van der Waals surface area contributed by atoms with E-state index < -0.39 is 0 Å². The Morgan fingerprint density at radius 1 is 1.15 bits per heavy atom. The molecule has 1 amide bonds. The number of carbonyl (C=O) groups excluding carboxylic acids is 1. The minimum Gasteiger partial charge on any atom is -0.396 e. The number of aliphatic hydroxyl groups excluding tert-OH is 1. The van der Waals surface area contributed by atoms with Crippen LogP contribution in [0.3, 0.4) is 0 Å². The van der Waals surface area contributed by atoms with Gasteiger partial charge in [-0.1, -0.05) is 30.3 Å². The standard InChI is InChI=1S/C17H21NO2/c1-13(2)18(10-5-11-19)17(20)16-9-8-14-6-3-4-7-15(14)12-16/h3-4,6-9,12-13,19H,5,10-11H2,1-2H3. The van der Waals surface area contributed by atoms with Gasteiger partial charge in [-0.25, -0.2) is 0 Å². The van der Waals surface area contributed by atoms with Crippen LogP contribution in [-0.2, 0) is 0 Å². The number of rotatable bonds is 5. The van der Waals surface area contributed by atoms with Crippen LogP contribution in [0.4, 0.5) is 0 Å². The number of amides is 1. The van der Waals surface area contributed by atoms with Crippen LogP contribution >= 0.6 is 0 Å². The predicted octanol–water partition coefficient (Wildman–Crippen LogP) is 3.07. The minimum absolute atomic E-state index is 0.0270. The molecule has 106 valence electrons. The lowest BCUT2D eigenvalue weighted by Crippen LogP contribution is -2.38. The molecule has 0 saturated carbocycles. The van der Waals surface area contributed by atoms with Gasteiger partial charge in [0.25, 0.3) is 5.91 Å². The third kappa shape index (κ3) is 3.17. The van der Waals surface area contributed by atoms with Crippen LogP contribution in [0.15, 0.2) is 42.5 Å². The normalized spacial score (nSPS) is 11.0. The van der Waals surface area contributed by atoms with E-state index in [9.17, 15) is 4.79 Å². The lowest BCUT2D eigenvalue weighted by atomic mass is 10.1. The first kappa shape index (κ1) is 14.5. The predicted molar refractivity (Wildman–Crippen MR) is 81.8 cm³/mol. The van der Waals surface area contributed by atoms with Crippen LogP contribution < -0.4 is 0 Å². The molecule has 0 aliphatic carbocycles. The molecule has 0 aliphatic heterocycles. The molecule has 0 bridgehead atoms. The van der Waals surface area contributed by atoms with Crippen LogP contribution in [0.25, 0.3) is 10.8 Å². The fraction of sp³-hybridized carbons (Fsp3) is 0.353. The number of fused-ring (bicyclic) bond motifs is 1. The van der Waals surface area contributed by atoms with Crippen molar-refractivity contribution >= 4 is 16.7 Å². The number of nitrogens with zero attached hydrogens (tertiary/aromatic N) is 1. The van der Waals surface area contributed by atoms with Crippen LogP contribution in [0.5, 0.6) is 0 Å². The Morgan fingerprint density at radius 2 is 1.85 bits per heavy atom. The smallest absolute Gasteiger partial charge is 0.254 e. The van der Waals surface area contributed by atoms with Crippen molar-refractivity contribution in [3.8, 4) is 0 Å². The highest BCUT2D eigenvalue weighted by molar-refractivity contribution is 5.98. The third-order valence-corrected chi connectivity index (χ3v) is 3.44. The molecule has 3 heteroatoms. The van der Waals surface area contributed by atoms with Gasteiger partial charge in [0.1, 0.15) is 0 Å². The van der Waals surface area contributed by atoms with Gasteiger partial charge < -0.3 is 10.0 Å². The first-order valence-corrected chi connectivity index (χ1v) is 7.04. The molecule has 0 saturated heterocycles. The molecule has 20 heavy (non-hydrogen) atoms. The fourth-order valence-electron chi connectivity index (χ4n) is 2.32. The van der Waals surface area contributed by atoms with Gasteiger partial charge in [0.05, 0.1) is 0 Å². The van der Waals surface area contributed by atoms with E-state index in [1.54, 1.807) is 4.90 Å². The van der Waals surface area contributed by atoms with Crippen molar-refractivity contribution < 1.29 is 9.90 Å². The average molecular weight is 271 g/mol. The van der Waals surface area contributed by atoms with Gasteiger partial charge in [-0.2, -0.15) is 0 Å². The average Bonchev–Trinajstić information content (AvgIpc) is 2.46. The summed E-state index contributed by atoms with van der Waals surface area (Å²) in [6.07, 6.45) is 0.609. The lowest BCUT2D eigenvalue weighted by Gasteiger charge is -2.26. The van der Waals surface area contributed by atoms with Gasteiger partial charge >= 0.3 is 0 Å². The molecule has 0 heterocycles. The van der Waals surface area contributed by atoms with E-state index in [1.165, 1.54) is 0 Å². The Bertz CT molecular complexity index is 592. The van der Waals surface area contributed by atoms with Crippen molar-refractivity contribution in [2.45, 2.75) is 26.3 Å². The maximum atomic E-state index is 12.6. The highest BCUT2D eigenvalue weighted by Crippen LogP contribution is 2.17. The van der Waals surface area contributed by atoms with E-state index in [2.05, 4.69) is 0 Å². The van der Waals surface area contributed by atoms with E-state index in [-0.39, 0.29) is 18.6 Å². The molecule has 0 unspecified atom stereocenters. The third-order valence-electron chi connectivity index (χ3n) is 3.44. The molecular weight excluding hydrogens is 250 g/mol. The van der Waals surface area contributed by atoms with Gasteiger partial charge in [0.2, 0.25) is 0 Å². The summed E-state index contributed by atoms with van der Waals surface area (Å²) >= 11 is 0. The molecule has 0 spiro atoms.